The van der Waals surface area contributed by atoms with Gasteiger partial charge in [0.05, 0.1) is 0 Å². The van der Waals surface area contributed by atoms with Gasteiger partial charge in [0, 0.05) is 21.6 Å². The maximum Gasteiger partial charge on any atom is 0.0451 e. The molecule has 0 amide bonds. The van der Waals surface area contributed by atoms with Gasteiger partial charge in [-0.15, -0.1) is 0 Å². The molecule has 0 saturated carbocycles. The summed E-state index contributed by atoms with van der Waals surface area (Å²) in [6.07, 6.45) is 0.506. The highest BCUT2D eigenvalue weighted by molar-refractivity contribution is 9.10. The van der Waals surface area contributed by atoms with Crippen LogP contribution < -0.4 is 5.73 Å². The van der Waals surface area contributed by atoms with Gasteiger partial charge in [0.15, 0.2) is 0 Å². The summed E-state index contributed by atoms with van der Waals surface area (Å²) in [5.74, 6) is 0. The zero-order valence-electron chi connectivity index (χ0n) is 7.93. The Bertz CT molecular complexity index is 328. The van der Waals surface area contributed by atoms with Gasteiger partial charge < -0.3 is 10.8 Å². The van der Waals surface area contributed by atoms with Crippen LogP contribution in [0.4, 0.5) is 0 Å². The lowest BCUT2D eigenvalue weighted by atomic mass is 9.90. The lowest BCUT2D eigenvalue weighted by Crippen LogP contribution is -2.34. The van der Waals surface area contributed by atoms with Crippen molar-refractivity contribution in [2.75, 3.05) is 6.61 Å². The maximum absolute atomic E-state index is 8.90. The summed E-state index contributed by atoms with van der Waals surface area (Å²) in [4.78, 5) is 0. The zero-order chi connectivity index (χ0) is 10.8. The van der Waals surface area contributed by atoms with Crippen molar-refractivity contribution in [2.45, 2.75) is 18.9 Å². The van der Waals surface area contributed by atoms with Crippen LogP contribution in [0.3, 0.4) is 0 Å². The van der Waals surface area contributed by atoms with Gasteiger partial charge in [-0.3, -0.25) is 0 Å². The minimum atomic E-state index is -0.557. The first kappa shape index (κ1) is 12.0. The molecule has 0 saturated heterocycles. The molecule has 3 N–H and O–H groups in total. The van der Waals surface area contributed by atoms with E-state index in [-0.39, 0.29) is 6.61 Å². The van der Waals surface area contributed by atoms with Crippen LogP contribution in [0, 0.1) is 0 Å². The molecular formula is C10H13BrClNO. The second-order valence-electron chi connectivity index (χ2n) is 3.52. The summed E-state index contributed by atoms with van der Waals surface area (Å²) >= 11 is 9.30. The van der Waals surface area contributed by atoms with Crippen molar-refractivity contribution in [3.8, 4) is 0 Å². The highest BCUT2D eigenvalue weighted by Crippen LogP contribution is 2.30. The number of aliphatic hydroxyl groups excluding tert-OH is 1. The topological polar surface area (TPSA) is 46.2 Å². The van der Waals surface area contributed by atoms with E-state index in [1.54, 1.807) is 6.07 Å². The smallest absolute Gasteiger partial charge is 0.0451 e. The van der Waals surface area contributed by atoms with Crippen molar-refractivity contribution in [3.63, 3.8) is 0 Å². The van der Waals surface area contributed by atoms with Crippen molar-refractivity contribution in [2.24, 2.45) is 5.73 Å². The molecule has 0 heterocycles. The third-order valence-electron chi connectivity index (χ3n) is 2.17. The molecule has 2 nitrogen and oxygen atoms in total. The first-order valence-electron chi connectivity index (χ1n) is 4.32. The Balaban J connectivity index is 3.10. The minimum absolute atomic E-state index is 0.0615. The first-order chi connectivity index (χ1) is 6.47. The molecule has 1 aromatic rings. The molecule has 0 fully saturated rings. The molecule has 0 aliphatic heterocycles. The van der Waals surface area contributed by atoms with Crippen molar-refractivity contribution < 1.29 is 5.11 Å². The molecule has 1 aromatic carbocycles. The summed E-state index contributed by atoms with van der Waals surface area (Å²) in [5, 5.41) is 9.55. The van der Waals surface area contributed by atoms with Crippen LogP contribution in [0.1, 0.15) is 18.9 Å². The van der Waals surface area contributed by atoms with Gasteiger partial charge in [-0.1, -0.05) is 27.5 Å². The number of aliphatic hydroxyl groups is 1. The normalized spacial score (nSPS) is 15.2. The summed E-state index contributed by atoms with van der Waals surface area (Å²) in [6, 6.07) is 5.48. The number of hydrogen-bond donors (Lipinski definition) is 2. The molecule has 78 valence electrons. The summed E-state index contributed by atoms with van der Waals surface area (Å²) in [5.41, 5.74) is 6.43. The van der Waals surface area contributed by atoms with Gasteiger partial charge in [0.2, 0.25) is 0 Å². The van der Waals surface area contributed by atoms with Crippen molar-refractivity contribution in [1.29, 1.82) is 0 Å². The van der Waals surface area contributed by atoms with Crippen molar-refractivity contribution >= 4 is 27.5 Å². The first-order valence-corrected chi connectivity index (χ1v) is 5.50. The van der Waals surface area contributed by atoms with E-state index in [0.717, 1.165) is 10.0 Å². The molecule has 0 radical (unpaired) electrons. The molecule has 1 atom stereocenters. The van der Waals surface area contributed by atoms with Gasteiger partial charge >= 0.3 is 0 Å². The Morgan fingerprint density at radius 2 is 2.21 bits per heavy atom. The van der Waals surface area contributed by atoms with E-state index in [9.17, 15) is 0 Å². The average molecular weight is 279 g/mol. The fourth-order valence-corrected chi connectivity index (χ4v) is 2.17. The van der Waals surface area contributed by atoms with Gasteiger partial charge in [0.1, 0.15) is 0 Å². The lowest BCUT2D eigenvalue weighted by Gasteiger charge is -2.25. The van der Waals surface area contributed by atoms with Crippen LogP contribution in [-0.2, 0) is 5.54 Å². The number of hydrogen-bond acceptors (Lipinski definition) is 2. The van der Waals surface area contributed by atoms with Crippen molar-refractivity contribution in [3.05, 3.63) is 33.3 Å². The number of halogens is 2. The van der Waals surface area contributed by atoms with Crippen LogP contribution in [-0.4, -0.2) is 11.7 Å². The van der Waals surface area contributed by atoms with E-state index in [1.165, 1.54) is 0 Å². The zero-order valence-corrected chi connectivity index (χ0v) is 10.3. The SMILES string of the molecule is C[C@](N)(CCO)c1cc(Cl)ccc1Br. The number of benzene rings is 1. The standard InChI is InChI=1S/C10H13BrClNO/c1-10(13,4-5-14)8-6-7(12)2-3-9(8)11/h2-3,6,14H,4-5,13H2,1H3/t10-/m0/s1. The molecule has 1 rings (SSSR count). The monoisotopic (exact) mass is 277 g/mol. The molecule has 0 aliphatic carbocycles. The van der Waals surface area contributed by atoms with Crippen LogP contribution in [0.25, 0.3) is 0 Å². The molecule has 0 aromatic heterocycles. The van der Waals surface area contributed by atoms with E-state index in [1.807, 2.05) is 19.1 Å². The van der Waals surface area contributed by atoms with E-state index >= 15 is 0 Å². The van der Waals surface area contributed by atoms with Crippen LogP contribution in [0.15, 0.2) is 22.7 Å². The number of nitrogens with two attached hydrogens (primary N) is 1. The molecule has 0 bridgehead atoms. The number of rotatable bonds is 3. The molecule has 0 unspecified atom stereocenters. The highest BCUT2D eigenvalue weighted by atomic mass is 79.9. The Morgan fingerprint density at radius 3 is 2.79 bits per heavy atom. The fourth-order valence-electron chi connectivity index (χ4n) is 1.30. The van der Waals surface area contributed by atoms with Crippen LogP contribution in [0.5, 0.6) is 0 Å². The minimum Gasteiger partial charge on any atom is -0.396 e. The largest absolute Gasteiger partial charge is 0.396 e. The lowest BCUT2D eigenvalue weighted by molar-refractivity contribution is 0.247. The van der Waals surface area contributed by atoms with Gasteiger partial charge in [0.25, 0.3) is 0 Å². The van der Waals surface area contributed by atoms with E-state index in [4.69, 9.17) is 22.4 Å². The van der Waals surface area contributed by atoms with Crippen molar-refractivity contribution in [1.82, 2.24) is 0 Å². The predicted molar refractivity (Wildman–Crippen MR) is 62.4 cm³/mol. The second kappa shape index (κ2) is 4.62. The third kappa shape index (κ3) is 2.70. The maximum atomic E-state index is 8.90. The summed E-state index contributed by atoms with van der Waals surface area (Å²) in [7, 11) is 0. The van der Waals surface area contributed by atoms with Crippen LogP contribution in [0.2, 0.25) is 5.02 Å². The molecule has 0 spiro atoms. The quantitative estimate of drug-likeness (QED) is 0.893. The van der Waals surface area contributed by atoms with Crippen LogP contribution >= 0.6 is 27.5 Å². The fraction of sp³-hybridized carbons (Fsp3) is 0.400. The third-order valence-corrected chi connectivity index (χ3v) is 3.10. The average Bonchev–Trinajstić information content (AvgIpc) is 2.09. The van der Waals surface area contributed by atoms with E-state index in [0.29, 0.717) is 11.4 Å². The highest BCUT2D eigenvalue weighted by Gasteiger charge is 2.23. The van der Waals surface area contributed by atoms with Gasteiger partial charge in [-0.25, -0.2) is 0 Å². The summed E-state index contributed by atoms with van der Waals surface area (Å²) < 4.78 is 0.917. The van der Waals surface area contributed by atoms with E-state index in [2.05, 4.69) is 15.9 Å². The predicted octanol–water partition coefficient (Wildman–Crippen LogP) is 2.66. The second-order valence-corrected chi connectivity index (χ2v) is 4.81. The van der Waals surface area contributed by atoms with E-state index < -0.39 is 5.54 Å². The Kier molecular flexibility index (Phi) is 3.95. The Hall–Kier alpha value is -0.0900. The molecular weight excluding hydrogens is 265 g/mol. The van der Waals surface area contributed by atoms with Gasteiger partial charge in [-0.2, -0.15) is 0 Å². The Labute approximate surface area is 97.2 Å². The van der Waals surface area contributed by atoms with Gasteiger partial charge in [-0.05, 0) is 37.1 Å². The summed E-state index contributed by atoms with van der Waals surface area (Å²) in [6.45, 7) is 1.94. The molecule has 4 heteroatoms. The Morgan fingerprint density at radius 1 is 1.57 bits per heavy atom. The molecule has 0 aliphatic rings. The molecule has 14 heavy (non-hydrogen) atoms.